The maximum Gasteiger partial charge on any atom is 0.0103 e. The van der Waals surface area contributed by atoms with Crippen LogP contribution in [0, 0.1) is 13.8 Å². The normalized spacial score (nSPS) is 13.9. The lowest BCUT2D eigenvalue weighted by atomic mass is 9.82. The first-order valence-electron chi connectivity index (χ1n) is 6.19. The molecule has 1 aromatic carbocycles. The van der Waals surface area contributed by atoms with Crippen LogP contribution >= 0.6 is 0 Å². The van der Waals surface area contributed by atoms with Gasteiger partial charge in [0.1, 0.15) is 0 Å². The van der Waals surface area contributed by atoms with Crippen molar-refractivity contribution < 1.29 is 0 Å². The van der Waals surface area contributed by atoms with Crippen molar-refractivity contribution in [2.45, 2.75) is 58.9 Å². The molecule has 0 fully saturated rings. The van der Waals surface area contributed by atoms with E-state index in [9.17, 15) is 0 Å². The van der Waals surface area contributed by atoms with Crippen LogP contribution in [0.1, 0.15) is 56.2 Å². The molecule has 2 N–H and O–H groups in total. The molecule has 0 spiro atoms. The van der Waals surface area contributed by atoms with Crippen molar-refractivity contribution >= 4 is 0 Å². The molecule has 1 nitrogen and oxygen atoms in total. The first kappa shape index (κ1) is 13.2. The molecule has 1 aromatic rings. The van der Waals surface area contributed by atoms with Crippen molar-refractivity contribution in [2.24, 2.45) is 5.73 Å². The van der Waals surface area contributed by atoms with Crippen LogP contribution < -0.4 is 5.73 Å². The monoisotopic (exact) mass is 219 g/mol. The minimum atomic E-state index is -0.0864. The van der Waals surface area contributed by atoms with Crippen molar-refractivity contribution in [1.29, 1.82) is 0 Å². The standard InChI is InChI=1S/C15H25N/c1-6-13(10-15(4,5)16)14-9-11(2)7-8-12(14)3/h7-9,13H,6,10,16H2,1-5H3. The molecule has 0 aromatic heterocycles. The summed E-state index contributed by atoms with van der Waals surface area (Å²) in [5.41, 5.74) is 10.3. The first-order chi connectivity index (χ1) is 7.33. The summed E-state index contributed by atoms with van der Waals surface area (Å²) in [5, 5.41) is 0. The number of hydrogen-bond acceptors (Lipinski definition) is 1. The summed E-state index contributed by atoms with van der Waals surface area (Å²) in [5.74, 6) is 0.583. The molecule has 0 aliphatic heterocycles. The lowest BCUT2D eigenvalue weighted by molar-refractivity contribution is 0.416. The van der Waals surface area contributed by atoms with Gasteiger partial charge < -0.3 is 5.73 Å². The van der Waals surface area contributed by atoms with Crippen LogP contribution in [0.15, 0.2) is 18.2 Å². The van der Waals surface area contributed by atoms with Gasteiger partial charge in [-0.15, -0.1) is 0 Å². The van der Waals surface area contributed by atoms with E-state index in [1.54, 1.807) is 0 Å². The Labute approximate surface area is 100 Å². The fourth-order valence-corrected chi connectivity index (χ4v) is 2.31. The summed E-state index contributed by atoms with van der Waals surface area (Å²) in [6.07, 6.45) is 2.21. The highest BCUT2D eigenvalue weighted by Gasteiger charge is 2.20. The molecule has 0 bridgehead atoms. The highest BCUT2D eigenvalue weighted by atomic mass is 14.7. The maximum absolute atomic E-state index is 6.14. The van der Waals surface area contributed by atoms with Crippen molar-refractivity contribution in [3.63, 3.8) is 0 Å². The molecule has 0 aliphatic carbocycles. The average Bonchev–Trinajstić information content (AvgIpc) is 2.17. The Hall–Kier alpha value is -0.820. The second kappa shape index (κ2) is 5.01. The van der Waals surface area contributed by atoms with E-state index in [0.717, 1.165) is 12.8 Å². The predicted octanol–water partition coefficient (Wildman–Crippen LogP) is 3.92. The lowest BCUT2D eigenvalue weighted by Gasteiger charge is -2.26. The highest BCUT2D eigenvalue weighted by Crippen LogP contribution is 2.30. The Morgan fingerprint density at radius 3 is 2.38 bits per heavy atom. The number of benzene rings is 1. The van der Waals surface area contributed by atoms with Gasteiger partial charge in [0.05, 0.1) is 0 Å². The average molecular weight is 219 g/mol. The summed E-state index contributed by atoms with van der Waals surface area (Å²) >= 11 is 0. The molecule has 1 atom stereocenters. The molecule has 1 unspecified atom stereocenters. The summed E-state index contributed by atoms with van der Waals surface area (Å²) < 4.78 is 0. The van der Waals surface area contributed by atoms with E-state index in [4.69, 9.17) is 5.73 Å². The summed E-state index contributed by atoms with van der Waals surface area (Å²) in [6.45, 7) is 10.8. The molecule has 0 amide bonds. The van der Waals surface area contributed by atoms with E-state index in [0.29, 0.717) is 5.92 Å². The molecular formula is C15H25N. The largest absolute Gasteiger partial charge is 0.326 e. The lowest BCUT2D eigenvalue weighted by Crippen LogP contribution is -2.33. The van der Waals surface area contributed by atoms with Crippen LogP contribution in [0.3, 0.4) is 0 Å². The zero-order valence-corrected chi connectivity index (χ0v) is 11.3. The van der Waals surface area contributed by atoms with Gasteiger partial charge in [-0.05, 0) is 57.6 Å². The molecule has 1 heteroatoms. The van der Waals surface area contributed by atoms with Crippen molar-refractivity contribution in [3.8, 4) is 0 Å². The van der Waals surface area contributed by atoms with Gasteiger partial charge in [-0.1, -0.05) is 30.7 Å². The summed E-state index contributed by atoms with van der Waals surface area (Å²) in [4.78, 5) is 0. The van der Waals surface area contributed by atoms with Crippen LogP contribution in [0.4, 0.5) is 0 Å². The maximum atomic E-state index is 6.14. The molecule has 90 valence electrons. The number of aryl methyl sites for hydroxylation is 2. The molecule has 0 aliphatic rings. The van der Waals surface area contributed by atoms with Gasteiger partial charge in [-0.2, -0.15) is 0 Å². The zero-order chi connectivity index (χ0) is 12.3. The van der Waals surface area contributed by atoms with Gasteiger partial charge in [0.2, 0.25) is 0 Å². The molecule has 0 saturated heterocycles. The fourth-order valence-electron chi connectivity index (χ4n) is 2.31. The first-order valence-corrected chi connectivity index (χ1v) is 6.19. The van der Waals surface area contributed by atoms with Crippen molar-refractivity contribution in [2.75, 3.05) is 0 Å². The quantitative estimate of drug-likeness (QED) is 0.816. The molecular weight excluding hydrogens is 194 g/mol. The summed E-state index contributed by atoms with van der Waals surface area (Å²) in [7, 11) is 0. The second-order valence-corrected chi connectivity index (χ2v) is 5.66. The van der Waals surface area contributed by atoms with E-state index >= 15 is 0 Å². The number of rotatable bonds is 4. The molecule has 0 saturated carbocycles. The van der Waals surface area contributed by atoms with Gasteiger partial charge in [0.15, 0.2) is 0 Å². The Balaban J connectivity index is 2.99. The Kier molecular flexibility index (Phi) is 4.15. The number of hydrogen-bond donors (Lipinski definition) is 1. The summed E-state index contributed by atoms with van der Waals surface area (Å²) in [6, 6.07) is 6.71. The Morgan fingerprint density at radius 2 is 1.88 bits per heavy atom. The highest BCUT2D eigenvalue weighted by molar-refractivity contribution is 5.33. The minimum Gasteiger partial charge on any atom is -0.326 e. The topological polar surface area (TPSA) is 26.0 Å². The van der Waals surface area contributed by atoms with Crippen LogP contribution in [0.5, 0.6) is 0 Å². The van der Waals surface area contributed by atoms with E-state index in [-0.39, 0.29) is 5.54 Å². The molecule has 0 heterocycles. The third kappa shape index (κ3) is 3.64. The predicted molar refractivity (Wildman–Crippen MR) is 71.8 cm³/mol. The molecule has 16 heavy (non-hydrogen) atoms. The van der Waals surface area contributed by atoms with Gasteiger partial charge in [0.25, 0.3) is 0 Å². The van der Waals surface area contributed by atoms with E-state index in [2.05, 4.69) is 52.8 Å². The fraction of sp³-hybridized carbons (Fsp3) is 0.600. The molecule has 1 rings (SSSR count). The zero-order valence-electron chi connectivity index (χ0n) is 11.3. The Morgan fingerprint density at radius 1 is 1.25 bits per heavy atom. The van der Waals surface area contributed by atoms with Gasteiger partial charge in [0, 0.05) is 5.54 Å². The Bertz CT molecular complexity index is 347. The van der Waals surface area contributed by atoms with Crippen LogP contribution in [-0.2, 0) is 0 Å². The minimum absolute atomic E-state index is 0.0864. The second-order valence-electron chi connectivity index (χ2n) is 5.66. The van der Waals surface area contributed by atoms with E-state index in [1.165, 1.54) is 16.7 Å². The van der Waals surface area contributed by atoms with Crippen LogP contribution in [-0.4, -0.2) is 5.54 Å². The van der Waals surface area contributed by atoms with Gasteiger partial charge >= 0.3 is 0 Å². The van der Waals surface area contributed by atoms with Gasteiger partial charge in [-0.25, -0.2) is 0 Å². The third-order valence-electron chi connectivity index (χ3n) is 3.14. The smallest absolute Gasteiger partial charge is 0.0103 e. The van der Waals surface area contributed by atoms with E-state index in [1.807, 2.05) is 0 Å². The third-order valence-corrected chi connectivity index (χ3v) is 3.14. The van der Waals surface area contributed by atoms with Crippen molar-refractivity contribution in [3.05, 3.63) is 34.9 Å². The van der Waals surface area contributed by atoms with Crippen molar-refractivity contribution in [1.82, 2.24) is 0 Å². The van der Waals surface area contributed by atoms with Crippen LogP contribution in [0.2, 0.25) is 0 Å². The van der Waals surface area contributed by atoms with Crippen LogP contribution in [0.25, 0.3) is 0 Å². The molecule has 0 radical (unpaired) electrons. The SMILES string of the molecule is CCC(CC(C)(C)N)c1cc(C)ccc1C. The van der Waals surface area contributed by atoms with Gasteiger partial charge in [-0.3, -0.25) is 0 Å². The number of nitrogens with two attached hydrogens (primary N) is 1. The van der Waals surface area contributed by atoms with E-state index < -0.39 is 0 Å².